The maximum atomic E-state index is 12.9. The van der Waals surface area contributed by atoms with E-state index < -0.39 is 0 Å². The Morgan fingerprint density at radius 2 is 2.00 bits per heavy atom. The summed E-state index contributed by atoms with van der Waals surface area (Å²) >= 11 is 2.75. The highest BCUT2D eigenvalue weighted by atomic mass is 32.1. The maximum Gasteiger partial charge on any atom is 0.245 e. The van der Waals surface area contributed by atoms with Crippen LogP contribution >= 0.6 is 22.7 Å². The molecule has 112 valence electrons. The molecule has 3 aromatic rings. The number of carbonyl (C=O) groups is 1. The van der Waals surface area contributed by atoms with Gasteiger partial charge >= 0.3 is 0 Å². The number of aromatic nitrogens is 2. The molecular formula is C14H11FN4OS2. The second-order valence-electron chi connectivity index (χ2n) is 4.28. The monoisotopic (exact) mass is 334 g/mol. The van der Waals surface area contributed by atoms with E-state index in [2.05, 4.69) is 20.6 Å². The molecule has 1 amide bonds. The summed E-state index contributed by atoms with van der Waals surface area (Å²) in [6.45, 7) is 0.107. The van der Waals surface area contributed by atoms with Crippen LogP contribution in [0.15, 0.2) is 41.2 Å². The van der Waals surface area contributed by atoms with Crippen molar-refractivity contribution in [2.24, 2.45) is 0 Å². The summed E-state index contributed by atoms with van der Waals surface area (Å²) in [5.74, 6) is -0.468. The van der Waals surface area contributed by atoms with Crippen molar-refractivity contribution in [1.82, 2.24) is 9.97 Å². The minimum absolute atomic E-state index is 0.107. The van der Waals surface area contributed by atoms with Crippen LogP contribution in [0, 0.1) is 5.82 Å². The van der Waals surface area contributed by atoms with Crippen molar-refractivity contribution in [3.63, 3.8) is 0 Å². The van der Waals surface area contributed by atoms with Crippen LogP contribution in [0.3, 0.4) is 0 Å². The molecule has 1 aromatic carbocycles. The van der Waals surface area contributed by atoms with Gasteiger partial charge in [0.1, 0.15) is 5.82 Å². The number of halogens is 1. The summed E-state index contributed by atoms with van der Waals surface area (Å²) in [5.41, 5.74) is 1.57. The van der Waals surface area contributed by atoms with E-state index >= 15 is 0 Å². The van der Waals surface area contributed by atoms with Gasteiger partial charge in [0.05, 0.1) is 12.2 Å². The molecule has 0 saturated heterocycles. The predicted molar refractivity (Wildman–Crippen MR) is 86.7 cm³/mol. The topological polar surface area (TPSA) is 66.9 Å². The fourth-order valence-electron chi connectivity index (χ4n) is 1.71. The number of carbonyl (C=O) groups excluding carboxylic acids is 1. The van der Waals surface area contributed by atoms with E-state index in [0.29, 0.717) is 10.3 Å². The average molecular weight is 334 g/mol. The quantitative estimate of drug-likeness (QED) is 0.750. The number of nitrogens with zero attached hydrogens (tertiary/aromatic N) is 2. The number of rotatable bonds is 5. The van der Waals surface area contributed by atoms with Gasteiger partial charge in [-0.1, -0.05) is 0 Å². The summed E-state index contributed by atoms with van der Waals surface area (Å²) in [4.78, 5) is 20.1. The molecule has 0 spiro atoms. The summed E-state index contributed by atoms with van der Waals surface area (Å²) in [5, 5.41) is 10.5. The molecule has 8 heteroatoms. The number of amides is 1. The molecule has 0 atom stereocenters. The fourth-order valence-corrected chi connectivity index (χ4v) is 2.98. The minimum Gasteiger partial charge on any atom is -0.352 e. The van der Waals surface area contributed by atoms with E-state index in [1.165, 1.54) is 34.8 Å². The van der Waals surface area contributed by atoms with E-state index in [1.807, 2.05) is 5.38 Å². The molecule has 2 heterocycles. The molecule has 3 rings (SSSR count). The second kappa shape index (κ2) is 6.63. The molecule has 0 aliphatic rings. The minimum atomic E-state index is -0.281. The van der Waals surface area contributed by atoms with E-state index in [-0.39, 0.29) is 18.3 Å². The molecular weight excluding hydrogens is 323 g/mol. The van der Waals surface area contributed by atoms with E-state index in [1.54, 1.807) is 23.7 Å². The van der Waals surface area contributed by atoms with Gasteiger partial charge in [-0.2, -0.15) is 0 Å². The first-order valence-corrected chi connectivity index (χ1v) is 8.11. The van der Waals surface area contributed by atoms with Crippen molar-refractivity contribution >= 4 is 38.8 Å². The van der Waals surface area contributed by atoms with Crippen LogP contribution in [-0.2, 0) is 4.79 Å². The average Bonchev–Trinajstić information content (AvgIpc) is 3.17. The predicted octanol–water partition coefficient (Wildman–Crippen LogP) is 3.46. The Bertz CT molecular complexity index is 756. The van der Waals surface area contributed by atoms with Crippen LogP contribution in [0.1, 0.15) is 0 Å². The molecule has 22 heavy (non-hydrogen) atoms. The van der Waals surface area contributed by atoms with Crippen molar-refractivity contribution in [2.75, 3.05) is 17.2 Å². The van der Waals surface area contributed by atoms with Crippen LogP contribution < -0.4 is 10.6 Å². The zero-order valence-corrected chi connectivity index (χ0v) is 12.9. The maximum absolute atomic E-state index is 12.9. The van der Waals surface area contributed by atoms with E-state index in [4.69, 9.17) is 0 Å². The first-order chi connectivity index (χ1) is 10.7. The third-order valence-electron chi connectivity index (χ3n) is 2.72. The van der Waals surface area contributed by atoms with E-state index in [9.17, 15) is 9.18 Å². The summed E-state index contributed by atoms with van der Waals surface area (Å²) in [6.07, 6.45) is 1.63. The third kappa shape index (κ3) is 3.66. The molecule has 0 aliphatic carbocycles. The number of thiazole rings is 2. The normalized spacial score (nSPS) is 10.4. The van der Waals surface area contributed by atoms with Gasteiger partial charge in [0.2, 0.25) is 5.91 Å². The van der Waals surface area contributed by atoms with Crippen LogP contribution in [0.2, 0.25) is 0 Å². The highest BCUT2D eigenvalue weighted by Gasteiger charge is 2.07. The smallest absolute Gasteiger partial charge is 0.245 e. The van der Waals surface area contributed by atoms with Gasteiger partial charge in [-0.05, 0) is 24.3 Å². The lowest BCUT2D eigenvalue weighted by Gasteiger charge is -2.02. The third-order valence-corrected chi connectivity index (χ3v) is 4.21. The Balaban J connectivity index is 1.57. The molecule has 0 unspecified atom stereocenters. The largest absolute Gasteiger partial charge is 0.352 e. The molecule has 0 bridgehead atoms. The molecule has 2 N–H and O–H groups in total. The molecule has 0 radical (unpaired) electrons. The molecule has 2 aromatic heterocycles. The fraction of sp³-hybridized carbons (Fsp3) is 0.0714. The lowest BCUT2D eigenvalue weighted by atomic mass is 10.2. The SMILES string of the molecule is O=C(CNc1nc(-c2ccc(F)cc2)cs1)Nc1nccs1. The Morgan fingerprint density at radius 1 is 1.18 bits per heavy atom. The highest BCUT2D eigenvalue weighted by molar-refractivity contribution is 7.14. The van der Waals surface area contributed by atoms with Crippen molar-refractivity contribution in [1.29, 1.82) is 0 Å². The van der Waals surface area contributed by atoms with Gasteiger partial charge in [0.25, 0.3) is 0 Å². The van der Waals surface area contributed by atoms with Crippen LogP contribution in [0.4, 0.5) is 14.7 Å². The lowest BCUT2D eigenvalue weighted by Crippen LogP contribution is -2.21. The standard InChI is InChI=1S/C14H11FN4OS2/c15-10-3-1-9(2-4-10)11-8-22-14(18-11)17-7-12(20)19-13-16-5-6-21-13/h1-6,8H,7H2,(H,17,18)(H,16,19,20). The number of hydrogen-bond donors (Lipinski definition) is 2. The number of hydrogen-bond acceptors (Lipinski definition) is 6. The van der Waals surface area contributed by atoms with Gasteiger partial charge in [0.15, 0.2) is 10.3 Å². The molecule has 5 nitrogen and oxygen atoms in total. The molecule has 0 fully saturated rings. The van der Waals surface area contributed by atoms with Crippen molar-refractivity contribution in [3.8, 4) is 11.3 Å². The van der Waals surface area contributed by atoms with Gasteiger partial charge < -0.3 is 10.6 Å². The Kier molecular flexibility index (Phi) is 4.40. The van der Waals surface area contributed by atoms with Gasteiger partial charge in [-0.15, -0.1) is 22.7 Å². The van der Waals surface area contributed by atoms with Crippen LogP contribution in [-0.4, -0.2) is 22.4 Å². The molecule has 0 saturated carbocycles. The Labute approximate surface area is 133 Å². The van der Waals surface area contributed by atoms with Crippen molar-refractivity contribution < 1.29 is 9.18 Å². The van der Waals surface area contributed by atoms with Crippen LogP contribution in [0.5, 0.6) is 0 Å². The first-order valence-electron chi connectivity index (χ1n) is 6.35. The van der Waals surface area contributed by atoms with Crippen molar-refractivity contribution in [2.45, 2.75) is 0 Å². The first kappa shape index (κ1) is 14.6. The highest BCUT2D eigenvalue weighted by Crippen LogP contribution is 2.24. The van der Waals surface area contributed by atoms with E-state index in [0.717, 1.165) is 11.3 Å². The zero-order chi connectivity index (χ0) is 15.4. The zero-order valence-electron chi connectivity index (χ0n) is 11.2. The Morgan fingerprint density at radius 3 is 2.73 bits per heavy atom. The number of benzene rings is 1. The number of anilines is 2. The second-order valence-corrected chi connectivity index (χ2v) is 6.04. The molecule has 0 aliphatic heterocycles. The number of nitrogens with one attached hydrogen (secondary N) is 2. The summed E-state index contributed by atoms with van der Waals surface area (Å²) in [7, 11) is 0. The Hall–Kier alpha value is -2.32. The van der Waals surface area contributed by atoms with Gasteiger partial charge in [-0.3, -0.25) is 4.79 Å². The van der Waals surface area contributed by atoms with Gasteiger partial charge in [0, 0.05) is 22.5 Å². The van der Waals surface area contributed by atoms with Crippen molar-refractivity contribution in [3.05, 3.63) is 47.0 Å². The van der Waals surface area contributed by atoms with Crippen LogP contribution in [0.25, 0.3) is 11.3 Å². The van der Waals surface area contributed by atoms with Gasteiger partial charge in [-0.25, -0.2) is 14.4 Å². The summed E-state index contributed by atoms with van der Waals surface area (Å²) < 4.78 is 12.9. The summed E-state index contributed by atoms with van der Waals surface area (Å²) in [6, 6.07) is 6.12. The lowest BCUT2D eigenvalue weighted by molar-refractivity contribution is -0.114.